The number of carbonyl (C=O) groups excluding carboxylic acids is 1. The predicted octanol–water partition coefficient (Wildman–Crippen LogP) is 4.31. The van der Waals surface area contributed by atoms with E-state index in [0.717, 1.165) is 33.9 Å². The second kappa shape index (κ2) is 9.08. The van der Waals surface area contributed by atoms with Crippen molar-refractivity contribution in [3.63, 3.8) is 0 Å². The molecule has 5 rings (SSSR count). The minimum atomic E-state index is -0.719. The number of ether oxygens (including phenoxy) is 1. The first-order chi connectivity index (χ1) is 16.1. The molecule has 1 aromatic heterocycles. The number of rotatable bonds is 7. The second-order valence-corrected chi connectivity index (χ2v) is 8.54. The zero-order valence-corrected chi connectivity index (χ0v) is 18.6. The van der Waals surface area contributed by atoms with E-state index in [1.165, 1.54) is 0 Å². The quantitative estimate of drug-likeness (QED) is 0.464. The van der Waals surface area contributed by atoms with Gasteiger partial charge in [0.15, 0.2) is 0 Å². The lowest BCUT2D eigenvalue weighted by molar-refractivity contribution is -0.117. The predicted molar refractivity (Wildman–Crippen MR) is 129 cm³/mol. The van der Waals surface area contributed by atoms with E-state index >= 15 is 0 Å². The van der Waals surface area contributed by atoms with Crippen LogP contribution in [-0.4, -0.2) is 39.8 Å². The topological polar surface area (TPSA) is 67.6 Å². The number of aryl methyl sites for hydroxylation is 1. The van der Waals surface area contributed by atoms with Gasteiger partial charge in [-0.2, -0.15) is 0 Å². The number of anilines is 1. The van der Waals surface area contributed by atoms with Gasteiger partial charge in [-0.25, -0.2) is 4.98 Å². The third-order valence-electron chi connectivity index (χ3n) is 6.16. The van der Waals surface area contributed by atoms with Crippen molar-refractivity contribution in [2.75, 3.05) is 18.1 Å². The Morgan fingerprint density at radius 2 is 1.76 bits per heavy atom. The molecule has 4 aromatic rings. The molecule has 6 nitrogen and oxygen atoms in total. The molecular formula is C27H27N3O3. The summed E-state index contributed by atoms with van der Waals surface area (Å²) in [5, 5.41) is 10.8. The summed E-state index contributed by atoms with van der Waals surface area (Å²) < 4.78 is 7.92. The highest BCUT2D eigenvalue weighted by Crippen LogP contribution is 2.33. The van der Waals surface area contributed by atoms with Crippen molar-refractivity contribution in [3.05, 3.63) is 90.3 Å². The number of aliphatic hydroxyl groups is 1. The third kappa shape index (κ3) is 4.34. The van der Waals surface area contributed by atoms with Crippen LogP contribution in [0.15, 0.2) is 78.9 Å². The number of amides is 1. The van der Waals surface area contributed by atoms with Crippen LogP contribution in [0.3, 0.4) is 0 Å². The largest absolute Gasteiger partial charge is 0.491 e. The number of nitrogens with zero attached hydrogens (tertiary/aromatic N) is 3. The van der Waals surface area contributed by atoms with Crippen molar-refractivity contribution in [1.29, 1.82) is 0 Å². The molecule has 33 heavy (non-hydrogen) atoms. The normalized spacial score (nSPS) is 17.0. The summed E-state index contributed by atoms with van der Waals surface area (Å²) in [7, 11) is 0. The lowest BCUT2D eigenvalue weighted by atomic mass is 10.1. The monoisotopic (exact) mass is 441 g/mol. The summed E-state index contributed by atoms with van der Waals surface area (Å²) in [6, 6.07) is 25.4. The summed E-state index contributed by atoms with van der Waals surface area (Å²) in [6.45, 7) is 3.08. The van der Waals surface area contributed by atoms with E-state index in [-0.39, 0.29) is 18.4 Å². The van der Waals surface area contributed by atoms with E-state index in [1.807, 2.05) is 95.3 Å². The Labute approximate surface area is 193 Å². The van der Waals surface area contributed by atoms with Crippen LogP contribution in [0.4, 0.5) is 5.69 Å². The lowest BCUT2D eigenvalue weighted by Crippen LogP contribution is -2.26. The summed E-state index contributed by atoms with van der Waals surface area (Å²) >= 11 is 0. The summed E-state index contributed by atoms with van der Waals surface area (Å²) in [5.41, 5.74) is 3.75. The second-order valence-electron chi connectivity index (χ2n) is 8.54. The first kappa shape index (κ1) is 21.2. The van der Waals surface area contributed by atoms with E-state index in [9.17, 15) is 9.90 Å². The SMILES string of the molecule is Cc1ccccc1OC[C@@H](O)Cn1c([C@@H]2CC(=O)N(c3ccccc3)C2)nc2ccccc21. The maximum Gasteiger partial charge on any atom is 0.227 e. The molecule has 1 aliphatic rings. The van der Waals surface area contributed by atoms with Crippen molar-refractivity contribution in [3.8, 4) is 5.75 Å². The fourth-order valence-corrected chi connectivity index (χ4v) is 4.50. The van der Waals surface area contributed by atoms with Gasteiger partial charge in [0.1, 0.15) is 24.3 Å². The van der Waals surface area contributed by atoms with Crippen LogP contribution in [0, 0.1) is 6.92 Å². The minimum absolute atomic E-state index is 0.0467. The molecule has 0 radical (unpaired) electrons. The smallest absolute Gasteiger partial charge is 0.227 e. The highest BCUT2D eigenvalue weighted by molar-refractivity contribution is 5.96. The highest BCUT2D eigenvalue weighted by Gasteiger charge is 2.35. The van der Waals surface area contributed by atoms with Crippen LogP contribution in [0.1, 0.15) is 23.7 Å². The van der Waals surface area contributed by atoms with E-state index in [4.69, 9.17) is 9.72 Å². The molecular weight excluding hydrogens is 414 g/mol. The van der Waals surface area contributed by atoms with Gasteiger partial charge >= 0.3 is 0 Å². The fraction of sp³-hybridized carbons (Fsp3) is 0.259. The van der Waals surface area contributed by atoms with Crippen molar-refractivity contribution in [2.24, 2.45) is 0 Å². The van der Waals surface area contributed by atoms with E-state index in [0.29, 0.717) is 19.5 Å². The summed E-state index contributed by atoms with van der Waals surface area (Å²) in [4.78, 5) is 19.5. The first-order valence-corrected chi connectivity index (χ1v) is 11.3. The van der Waals surface area contributed by atoms with Crippen LogP contribution in [0.5, 0.6) is 5.75 Å². The molecule has 0 saturated carbocycles. The number of carbonyl (C=O) groups is 1. The van der Waals surface area contributed by atoms with Gasteiger partial charge in [-0.05, 0) is 42.8 Å². The number of imidazole rings is 1. The highest BCUT2D eigenvalue weighted by atomic mass is 16.5. The third-order valence-corrected chi connectivity index (χ3v) is 6.16. The van der Waals surface area contributed by atoms with Crippen LogP contribution < -0.4 is 9.64 Å². The lowest BCUT2D eigenvalue weighted by Gasteiger charge is -2.19. The van der Waals surface area contributed by atoms with Crippen LogP contribution in [0.2, 0.25) is 0 Å². The summed E-state index contributed by atoms with van der Waals surface area (Å²) in [5.74, 6) is 1.65. The number of hydrogen-bond acceptors (Lipinski definition) is 4. The number of aromatic nitrogens is 2. The van der Waals surface area contributed by atoms with Gasteiger partial charge in [0, 0.05) is 24.6 Å². The molecule has 0 aliphatic carbocycles. The Kier molecular flexibility index (Phi) is 5.84. The molecule has 1 aliphatic heterocycles. The number of aliphatic hydroxyl groups excluding tert-OH is 1. The Hall–Kier alpha value is -3.64. The average Bonchev–Trinajstić information content (AvgIpc) is 3.40. The molecule has 2 atom stereocenters. The van der Waals surface area contributed by atoms with Crippen molar-refractivity contribution >= 4 is 22.6 Å². The maximum absolute atomic E-state index is 12.8. The van der Waals surface area contributed by atoms with Crippen LogP contribution >= 0.6 is 0 Å². The Morgan fingerprint density at radius 3 is 2.58 bits per heavy atom. The van der Waals surface area contributed by atoms with Gasteiger partial charge < -0.3 is 19.3 Å². The van der Waals surface area contributed by atoms with E-state index in [1.54, 1.807) is 0 Å². The number of benzene rings is 3. The van der Waals surface area contributed by atoms with Gasteiger partial charge in [-0.3, -0.25) is 4.79 Å². The van der Waals surface area contributed by atoms with Gasteiger partial charge in [0.25, 0.3) is 0 Å². The van der Waals surface area contributed by atoms with Crippen molar-refractivity contribution in [2.45, 2.75) is 31.9 Å². The van der Waals surface area contributed by atoms with Crippen LogP contribution in [0.25, 0.3) is 11.0 Å². The molecule has 0 unspecified atom stereocenters. The molecule has 1 saturated heterocycles. The molecule has 0 spiro atoms. The van der Waals surface area contributed by atoms with Gasteiger partial charge in [-0.15, -0.1) is 0 Å². The van der Waals surface area contributed by atoms with E-state index < -0.39 is 6.10 Å². The molecule has 1 amide bonds. The molecule has 3 aromatic carbocycles. The Balaban J connectivity index is 1.39. The zero-order chi connectivity index (χ0) is 22.8. The molecule has 2 heterocycles. The molecule has 1 N–H and O–H groups in total. The maximum atomic E-state index is 12.8. The minimum Gasteiger partial charge on any atom is -0.491 e. The van der Waals surface area contributed by atoms with Crippen molar-refractivity contribution in [1.82, 2.24) is 9.55 Å². The first-order valence-electron chi connectivity index (χ1n) is 11.3. The molecule has 1 fully saturated rings. The number of para-hydroxylation sites is 4. The van der Waals surface area contributed by atoms with Crippen LogP contribution in [-0.2, 0) is 11.3 Å². The fourth-order valence-electron chi connectivity index (χ4n) is 4.50. The zero-order valence-electron chi connectivity index (χ0n) is 18.6. The van der Waals surface area contributed by atoms with Crippen molar-refractivity contribution < 1.29 is 14.6 Å². The summed E-state index contributed by atoms with van der Waals surface area (Å²) in [6.07, 6.45) is -0.322. The standard InChI is InChI=1S/C27H27N3O3/c1-19-9-5-8-14-25(19)33-18-22(31)17-30-24-13-7-6-12-23(24)28-27(30)20-15-26(32)29(16-20)21-10-3-2-4-11-21/h2-14,20,22,31H,15-18H2,1H3/t20-,22+/m1/s1. The van der Waals surface area contributed by atoms with Gasteiger partial charge in [0.2, 0.25) is 5.91 Å². The van der Waals surface area contributed by atoms with Gasteiger partial charge in [-0.1, -0.05) is 48.5 Å². The molecule has 0 bridgehead atoms. The number of fused-ring (bicyclic) bond motifs is 1. The van der Waals surface area contributed by atoms with Gasteiger partial charge in [0.05, 0.1) is 17.6 Å². The average molecular weight is 442 g/mol. The van der Waals surface area contributed by atoms with E-state index in [2.05, 4.69) is 0 Å². The Morgan fingerprint density at radius 1 is 1.03 bits per heavy atom. The number of hydrogen-bond donors (Lipinski definition) is 1. The Bertz CT molecular complexity index is 1270. The molecule has 6 heteroatoms. The molecule has 168 valence electrons.